The Morgan fingerprint density at radius 2 is 2.00 bits per heavy atom. The second kappa shape index (κ2) is 4.95. The Labute approximate surface area is 125 Å². The molecule has 0 saturated heterocycles. The van der Waals surface area contributed by atoms with E-state index in [9.17, 15) is 4.79 Å². The van der Waals surface area contributed by atoms with Crippen LogP contribution in [0.4, 0.5) is 4.79 Å². The summed E-state index contributed by atoms with van der Waals surface area (Å²) in [4.78, 5) is 13.2. The van der Waals surface area contributed by atoms with Crippen molar-refractivity contribution in [3.05, 3.63) is 17.3 Å². The van der Waals surface area contributed by atoms with Gasteiger partial charge in [-0.2, -0.15) is 0 Å². The number of ether oxygens (including phenoxy) is 1. The Kier molecular flexibility index (Phi) is 3.76. The Morgan fingerprint density at radius 1 is 1.40 bits per heavy atom. The third-order valence-corrected chi connectivity index (χ3v) is 4.27. The number of aromatic nitrogens is 1. The van der Waals surface area contributed by atoms with Crippen LogP contribution in [0.1, 0.15) is 51.7 Å². The molecule has 0 bridgehead atoms. The summed E-state index contributed by atoms with van der Waals surface area (Å²) in [6.45, 7) is 11.8. The fourth-order valence-corrected chi connectivity index (χ4v) is 3.23. The Hall–Kier alpha value is -1.23. The zero-order valence-corrected chi connectivity index (χ0v) is 13.7. The van der Waals surface area contributed by atoms with E-state index in [1.165, 1.54) is 11.3 Å². The van der Waals surface area contributed by atoms with Crippen LogP contribution in [-0.4, -0.2) is 24.1 Å². The molecule has 0 aromatic carbocycles. The first-order valence-corrected chi connectivity index (χ1v) is 7.56. The third-order valence-electron chi connectivity index (χ3n) is 3.15. The van der Waals surface area contributed by atoms with Gasteiger partial charge in [-0.15, -0.1) is 11.3 Å². The van der Waals surface area contributed by atoms with Gasteiger partial charge in [-0.25, -0.2) is 9.36 Å². The molecule has 20 heavy (non-hydrogen) atoms. The predicted molar refractivity (Wildman–Crippen MR) is 85.7 cm³/mol. The van der Waals surface area contributed by atoms with Crippen LogP contribution in [0, 0.1) is 6.92 Å². The van der Waals surface area contributed by atoms with Crippen LogP contribution >= 0.6 is 11.3 Å². The van der Waals surface area contributed by atoms with E-state index in [1.54, 1.807) is 4.57 Å². The Morgan fingerprint density at radius 3 is 2.50 bits per heavy atom. The molecule has 2 aromatic heterocycles. The lowest BCUT2D eigenvalue weighted by Gasteiger charge is -2.19. The smallest absolute Gasteiger partial charge is 0.419 e. The van der Waals surface area contributed by atoms with Crippen molar-refractivity contribution in [3.63, 3.8) is 0 Å². The van der Waals surface area contributed by atoms with E-state index >= 15 is 0 Å². The van der Waals surface area contributed by atoms with Gasteiger partial charge in [0.25, 0.3) is 0 Å². The molecule has 0 aliphatic rings. The van der Waals surface area contributed by atoms with Crippen LogP contribution < -0.4 is 4.78 Å². The first-order chi connectivity index (χ1) is 9.11. The molecule has 0 aliphatic heterocycles. The van der Waals surface area contributed by atoms with E-state index in [0.717, 1.165) is 26.1 Å². The van der Waals surface area contributed by atoms with Crippen LogP contribution in [0.2, 0.25) is 0 Å². The largest absolute Gasteiger partial charge is 0.443 e. The van der Waals surface area contributed by atoms with E-state index in [0.29, 0.717) is 5.92 Å². The minimum Gasteiger partial charge on any atom is -0.443 e. The monoisotopic (exact) mass is 289 g/mol. The molecule has 3 nitrogen and oxygen atoms in total. The average molecular weight is 289 g/mol. The highest BCUT2D eigenvalue weighted by molar-refractivity contribution is 7.26. The van der Waals surface area contributed by atoms with Crippen molar-refractivity contribution >= 4 is 40.3 Å². The van der Waals surface area contributed by atoms with Crippen molar-refractivity contribution in [2.45, 2.75) is 53.1 Å². The fourth-order valence-electron chi connectivity index (χ4n) is 2.17. The number of thiophene rings is 1. The second-order valence-electron chi connectivity index (χ2n) is 6.36. The standard InChI is InChI=1S/C15H20BNO2S/c1-8(2)10-7-17(14(18)19-15(4,5)6)13-11(10)9(3)12(16)20-13/h7-8H,1-6H3. The van der Waals surface area contributed by atoms with E-state index in [1.807, 2.05) is 33.9 Å². The van der Waals surface area contributed by atoms with Crippen LogP contribution in [-0.2, 0) is 4.74 Å². The Balaban J connectivity index is 2.60. The number of rotatable bonds is 1. The summed E-state index contributed by atoms with van der Waals surface area (Å²) in [5, 5.41) is 1.09. The van der Waals surface area contributed by atoms with Crippen molar-refractivity contribution in [2.75, 3.05) is 0 Å². The van der Waals surface area contributed by atoms with Crippen molar-refractivity contribution in [1.82, 2.24) is 4.57 Å². The predicted octanol–water partition coefficient (Wildman–Crippen LogP) is 3.71. The summed E-state index contributed by atoms with van der Waals surface area (Å²) in [6.07, 6.45) is 1.53. The van der Waals surface area contributed by atoms with Crippen LogP contribution in [0.25, 0.3) is 10.2 Å². The molecule has 5 heteroatoms. The fraction of sp³-hybridized carbons (Fsp3) is 0.533. The zero-order chi connectivity index (χ0) is 15.2. The number of fused-ring (bicyclic) bond motifs is 1. The molecule has 0 amide bonds. The molecule has 106 valence electrons. The lowest BCUT2D eigenvalue weighted by Crippen LogP contribution is -2.26. The number of hydrogen-bond acceptors (Lipinski definition) is 3. The summed E-state index contributed by atoms with van der Waals surface area (Å²) in [7, 11) is 6.02. The van der Waals surface area contributed by atoms with Gasteiger partial charge in [0.2, 0.25) is 0 Å². The zero-order valence-electron chi connectivity index (χ0n) is 12.9. The van der Waals surface area contributed by atoms with Gasteiger partial charge in [-0.1, -0.05) is 13.8 Å². The summed E-state index contributed by atoms with van der Waals surface area (Å²) >= 11 is 1.44. The van der Waals surface area contributed by atoms with Crippen molar-refractivity contribution < 1.29 is 9.53 Å². The van der Waals surface area contributed by atoms with Gasteiger partial charge in [0.15, 0.2) is 0 Å². The molecule has 2 rings (SSSR count). The molecule has 0 unspecified atom stereocenters. The topological polar surface area (TPSA) is 31.2 Å². The molecule has 0 fully saturated rings. The van der Waals surface area contributed by atoms with Crippen LogP contribution in [0.5, 0.6) is 0 Å². The highest BCUT2D eigenvalue weighted by atomic mass is 32.1. The summed E-state index contributed by atoms with van der Waals surface area (Å²) in [5.74, 6) is 0.328. The molecule has 0 saturated carbocycles. The van der Waals surface area contributed by atoms with Crippen LogP contribution in [0.3, 0.4) is 0 Å². The molecule has 0 atom stereocenters. The number of nitrogens with zero attached hydrogens (tertiary/aromatic N) is 1. The molecule has 0 spiro atoms. The number of hydrogen-bond donors (Lipinski definition) is 0. The maximum Gasteiger partial charge on any atom is 0.419 e. The van der Waals surface area contributed by atoms with Gasteiger partial charge < -0.3 is 4.74 Å². The molecule has 2 radical (unpaired) electrons. The van der Waals surface area contributed by atoms with Crippen LogP contribution in [0.15, 0.2) is 6.20 Å². The number of carbonyl (C=O) groups is 1. The lowest BCUT2D eigenvalue weighted by molar-refractivity contribution is 0.0545. The normalized spacial score (nSPS) is 12.3. The van der Waals surface area contributed by atoms with Gasteiger partial charge in [0, 0.05) is 11.6 Å². The Bertz CT molecular complexity index is 661. The van der Waals surface area contributed by atoms with Gasteiger partial charge in [0.1, 0.15) is 18.3 Å². The average Bonchev–Trinajstić information content (AvgIpc) is 2.76. The van der Waals surface area contributed by atoms with Gasteiger partial charge >= 0.3 is 6.09 Å². The number of aryl methyl sites for hydroxylation is 1. The SMILES string of the molecule is [B]c1sc2c(c(C(C)C)cn2C(=O)OC(C)(C)C)c1C. The van der Waals surface area contributed by atoms with Crippen molar-refractivity contribution in [1.29, 1.82) is 0 Å². The number of carbonyl (C=O) groups excluding carboxylic acids is 1. The summed E-state index contributed by atoms with van der Waals surface area (Å²) in [5.41, 5.74) is 1.68. The van der Waals surface area contributed by atoms with E-state index in [4.69, 9.17) is 12.6 Å². The first kappa shape index (κ1) is 15.2. The van der Waals surface area contributed by atoms with Gasteiger partial charge in [-0.05, 0) is 49.5 Å². The van der Waals surface area contributed by atoms with Crippen molar-refractivity contribution in [3.8, 4) is 0 Å². The highest BCUT2D eigenvalue weighted by Gasteiger charge is 2.24. The minimum absolute atomic E-state index is 0.328. The van der Waals surface area contributed by atoms with E-state index in [2.05, 4.69) is 13.8 Å². The molecule has 0 aliphatic carbocycles. The minimum atomic E-state index is -0.510. The van der Waals surface area contributed by atoms with Gasteiger partial charge in [0.05, 0.1) is 0 Å². The first-order valence-electron chi connectivity index (χ1n) is 6.75. The van der Waals surface area contributed by atoms with Crippen molar-refractivity contribution in [2.24, 2.45) is 0 Å². The molecule has 2 heterocycles. The second-order valence-corrected chi connectivity index (χ2v) is 7.39. The molecular weight excluding hydrogens is 269 g/mol. The highest BCUT2D eigenvalue weighted by Crippen LogP contribution is 2.33. The molecular formula is C15H20BNO2S. The quantitative estimate of drug-likeness (QED) is 0.749. The summed E-state index contributed by atoms with van der Waals surface area (Å²) < 4.78 is 7.81. The molecule has 0 N–H and O–H groups in total. The molecule has 2 aromatic rings. The van der Waals surface area contributed by atoms with Gasteiger partial charge in [-0.3, -0.25) is 0 Å². The lowest BCUT2D eigenvalue weighted by atomic mass is 9.97. The van der Waals surface area contributed by atoms with E-state index in [-0.39, 0.29) is 6.09 Å². The summed E-state index contributed by atoms with van der Waals surface area (Å²) in [6, 6.07) is 0. The maximum absolute atomic E-state index is 12.3. The third kappa shape index (κ3) is 2.64. The maximum atomic E-state index is 12.3. The van der Waals surface area contributed by atoms with E-state index < -0.39 is 5.60 Å².